The van der Waals surface area contributed by atoms with Crippen molar-refractivity contribution in [3.63, 3.8) is 0 Å². The van der Waals surface area contributed by atoms with Crippen LogP contribution in [0.25, 0.3) is 0 Å². The molecule has 34 heavy (non-hydrogen) atoms. The zero-order valence-corrected chi connectivity index (χ0v) is 20.6. The van der Waals surface area contributed by atoms with E-state index in [1.165, 1.54) is 25.8 Å². The topological polar surface area (TPSA) is 104 Å². The molecule has 2 aliphatic carbocycles. The van der Waals surface area contributed by atoms with Crippen LogP contribution in [0.3, 0.4) is 0 Å². The number of benzene rings is 2. The molecule has 0 heterocycles. The molecule has 182 valence electrons. The van der Waals surface area contributed by atoms with Crippen molar-refractivity contribution in [1.82, 2.24) is 5.32 Å². The monoisotopic (exact) mass is 483 g/mol. The number of nitrogens with one attached hydrogen (secondary N) is 3. The minimum absolute atomic E-state index is 0.00761. The quantitative estimate of drug-likeness (QED) is 0.500. The SMILES string of the molecule is CC(=O)Nc1ccc(C)cc1S(=O)(=O)Nc1ccc(C2(C(=O)NC3CCCCCC3)CC2)cc1. The molecule has 7 nitrogen and oxygen atoms in total. The van der Waals surface area contributed by atoms with Crippen molar-refractivity contribution in [2.75, 3.05) is 10.0 Å². The second-order valence-electron chi connectivity index (χ2n) is 9.61. The summed E-state index contributed by atoms with van der Waals surface area (Å²) in [6, 6.07) is 12.2. The number of amides is 2. The molecule has 0 saturated heterocycles. The number of hydrogen-bond donors (Lipinski definition) is 3. The van der Waals surface area contributed by atoms with Crippen LogP contribution in [0.1, 0.15) is 69.4 Å². The first kappa shape index (κ1) is 24.3. The van der Waals surface area contributed by atoms with E-state index in [4.69, 9.17) is 0 Å². The van der Waals surface area contributed by atoms with Gasteiger partial charge in [-0.2, -0.15) is 0 Å². The molecule has 2 fully saturated rings. The van der Waals surface area contributed by atoms with E-state index in [0.717, 1.165) is 49.7 Å². The Morgan fingerprint density at radius 3 is 2.18 bits per heavy atom. The lowest BCUT2D eigenvalue weighted by molar-refractivity contribution is -0.124. The Balaban J connectivity index is 1.48. The summed E-state index contributed by atoms with van der Waals surface area (Å²) in [5.41, 5.74) is 1.81. The van der Waals surface area contributed by atoms with Crippen molar-refractivity contribution in [1.29, 1.82) is 0 Å². The Morgan fingerprint density at radius 2 is 1.59 bits per heavy atom. The molecule has 0 aromatic heterocycles. The van der Waals surface area contributed by atoms with Gasteiger partial charge in [-0.25, -0.2) is 8.42 Å². The fraction of sp³-hybridized carbons (Fsp3) is 0.462. The van der Waals surface area contributed by atoms with Crippen molar-refractivity contribution < 1.29 is 18.0 Å². The molecule has 0 radical (unpaired) electrons. The Morgan fingerprint density at radius 1 is 0.941 bits per heavy atom. The summed E-state index contributed by atoms with van der Waals surface area (Å²) >= 11 is 0. The van der Waals surface area contributed by atoms with E-state index < -0.39 is 15.4 Å². The van der Waals surface area contributed by atoms with Gasteiger partial charge in [0.05, 0.1) is 11.1 Å². The lowest BCUT2D eigenvalue weighted by Crippen LogP contribution is -2.41. The van der Waals surface area contributed by atoms with Crippen LogP contribution in [0.2, 0.25) is 0 Å². The molecular weight excluding hydrogens is 450 g/mol. The first-order valence-electron chi connectivity index (χ1n) is 12.0. The van der Waals surface area contributed by atoms with E-state index >= 15 is 0 Å². The highest BCUT2D eigenvalue weighted by Gasteiger charge is 2.51. The number of carbonyl (C=O) groups excluding carboxylic acids is 2. The number of sulfonamides is 1. The summed E-state index contributed by atoms with van der Waals surface area (Å²) in [5.74, 6) is -0.256. The predicted octanol–water partition coefficient (Wildman–Crippen LogP) is 4.62. The summed E-state index contributed by atoms with van der Waals surface area (Å²) in [6.07, 6.45) is 8.51. The molecule has 2 saturated carbocycles. The molecule has 0 spiro atoms. The van der Waals surface area contributed by atoms with E-state index in [1.54, 1.807) is 31.2 Å². The van der Waals surface area contributed by atoms with Gasteiger partial charge in [0.1, 0.15) is 4.90 Å². The van der Waals surface area contributed by atoms with Crippen LogP contribution in [-0.4, -0.2) is 26.3 Å². The second-order valence-corrected chi connectivity index (χ2v) is 11.3. The van der Waals surface area contributed by atoms with E-state index in [-0.39, 0.29) is 28.4 Å². The van der Waals surface area contributed by atoms with Gasteiger partial charge >= 0.3 is 0 Å². The van der Waals surface area contributed by atoms with Crippen LogP contribution >= 0.6 is 0 Å². The summed E-state index contributed by atoms with van der Waals surface area (Å²) in [7, 11) is -3.93. The first-order valence-corrected chi connectivity index (χ1v) is 13.5. The maximum Gasteiger partial charge on any atom is 0.263 e. The smallest absolute Gasteiger partial charge is 0.263 e. The van der Waals surface area contributed by atoms with Crippen molar-refractivity contribution in [3.8, 4) is 0 Å². The zero-order chi connectivity index (χ0) is 24.3. The molecule has 8 heteroatoms. The van der Waals surface area contributed by atoms with Gasteiger partial charge in [0.15, 0.2) is 0 Å². The largest absolute Gasteiger partial charge is 0.353 e. The Labute approximate surface area is 201 Å². The van der Waals surface area contributed by atoms with E-state index in [9.17, 15) is 18.0 Å². The van der Waals surface area contributed by atoms with Crippen molar-refractivity contribution in [3.05, 3.63) is 53.6 Å². The highest BCUT2D eigenvalue weighted by atomic mass is 32.2. The maximum atomic E-state index is 13.1. The Hall–Kier alpha value is -2.87. The second kappa shape index (κ2) is 9.78. The van der Waals surface area contributed by atoms with Gasteiger partial charge in [-0.1, -0.05) is 43.9 Å². The van der Waals surface area contributed by atoms with Crippen LogP contribution < -0.4 is 15.4 Å². The van der Waals surface area contributed by atoms with Gasteiger partial charge in [-0.3, -0.25) is 14.3 Å². The summed E-state index contributed by atoms with van der Waals surface area (Å²) in [4.78, 5) is 24.6. The van der Waals surface area contributed by atoms with Crippen molar-refractivity contribution >= 4 is 33.2 Å². The molecular formula is C26H33N3O4S. The third kappa shape index (κ3) is 5.43. The van der Waals surface area contributed by atoms with Gasteiger partial charge in [0.25, 0.3) is 10.0 Å². The molecule has 2 aromatic rings. The number of aryl methyl sites for hydroxylation is 1. The average Bonchev–Trinajstić information content (AvgIpc) is 3.61. The lowest BCUT2D eigenvalue weighted by Gasteiger charge is -2.22. The Kier molecular flexibility index (Phi) is 6.98. The molecule has 2 aromatic carbocycles. The number of anilines is 2. The van der Waals surface area contributed by atoms with Gasteiger partial charge in [0, 0.05) is 18.7 Å². The minimum atomic E-state index is -3.93. The molecule has 0 aliphatic heterocycles. The summed E-state index contributed by atoms with van der Waals surface area (Å²) < 4.78 is 28.8. The molecule has 0 bridgehead atoms. The number of carbonyl (C=O) groups is 2. The normalized spacial score (nSPS) is 17.9. The fourth-order valence-corrected chi connectivity index (χ4v) is 6.04. The number of hydrogen-bond acceptors (Lipinski definition) is 4. The van der Waals surface area contributed by atoms with E-state index in [0.29, 0.717) is 5.69 Å². The van der Waals surface area contributed by atoms with Crippen LogP contribution in [0, 0.1) is 6.92 Å². The number of rotatable bonds is 7. The standard InChI is InChI=1S/C26H33N3O4S/c1-18-9-14-23(27-19(2)30)24(17-18)34(32,33)29-22-12-10-20(11-13-22)26(15-16-26)25(31)28-21-7-5-3-4-6-8-21/h9-14,17,21,29H,3-8,15-16H2,1-2H3,(H,27,30)(H,28,31). The Bertz CT molecular complexity index is 1160. The summed E-state index contributed by atoms with van der Waals surface area (Å²) in [6.45, 7) is 3.13. The minimum Gasteiger partial charge on any atom is -0.353 e. The zero-order valence-electron chi connectivity index (χ0n) is 19.8. The molecule has 4 rings (SSSR count). The highest BCUT2D eigenvalue weighted by Crippen LogP contribution is 2.49. The lowest BCUT2D eigenvalue weighted by atomic mass is 9.94. The molecule has 2 aliphatic rings. The average molecular weight is 484 g/mol. The molecule has 0 atom stereocenters. The van der Waals surface area contributed by atoms with E-state index in [1.807, 2.05) is 12.1 Å². The van der Waals surface area contributed by atoms with Gasteiger partial charge in [-0.05, 0) is 68.0 Å². The van der Waals surface area contributed by atoms with Crippen LogP contribution in [0.4, 0.5) is 11.4 Å². The molecule has 3 N–H and O–H groups in total. The predicted molar refractivity (Wildman–Crippen MR) is 133 cm³/mol. The maximum absolute atomic E-state index is 13.1. The van der Waals surface area contributed by atoms with Gasteiger partial charge in [-0.15, -0.1) is 0 Å². The molecule has 2 amide bonds. The van der Waals surface area contributed by atoms with Crippen molar-refractivity contribution in [2.45, 2.75) is 81.6 Å². The van der Waals surface area contributed by atoms with Crippen LogP contribution in [0.15, 0.2) is 47.4 Å². The van der Waals surface area contributed by atoms with Crippen LogP contribution in [-0.2, 0) is 25.0 Å². The van der Waals surface area contributed by atoms with Crippen molar-refractivity contribution in [2.24, 2.45) is 0 Å². The van der Waals surface area contributed by atoms with Gasteiger partial charge < -0.3 is 10.6 Å². The van der Waals surface area contributed by atoms with Crippen LogP contribution in [0.5, 0.6) is 0 Å². The highest BCUT2D eigenvalue weighted by molar-refractivity contribution is 7.92. The third-order valence-electron chi connectivity index (χ3n) is 6.80. The third-order valence-corrected chi connectivity index (χ3v) is 8.22. The summed E-state index contributed by atoms with van der Waals surface area (Å²) in [5, 5.41) is 5.85. The first-order chi connectivity index (χ1) is 16.2. The van der Waals surface area contributed by atoms with E-state index in [2.05, 4.69) is 15.4 Å². The molecule has 0 unspecified atom stereocenters. The van der Waals surface area contributed by atoms with Gasteiger partial charge in [0.2, 0.25) is 11.8 Å². The fourth-order valence-electron chi connectivity index (χ4n) is 4.73.